The first-order chi connectivity index (χ1) is 7.61. The highest BCUT2D eigenvalue weighted by atomic mass is 16.4. The van der Waals surface area contributed by atoms with Crippen molar-refractivity contribution in [2.45, 2.75) is 19.8 Å². The summed E-state index contributed by atoms with van der Waals surface area (Å²) in [7, 11) is 0. The van der Waals surface area contributed by atoms with Gasteiger partial charge in [-0.1, -0.05) is 0 Å². The molecular weight excluding hydrogens is 206 g/mol. The fraction of sp³-hybridized carbons (Fsp3) is 0.364. The summed E-state index contributed by atoms with van der Waals surface area (Å²) in [5, 5.41) is 20.2. The Morgan fingerprint density at radius 2 is 2.38 bits per heavy atom. The van der Waals surface area contributed by atoms with Crippen LogP contribution in [0, 0.1) is 18.3 Å². The molecule has 0 atom stereocenters. The van der Waals surface area contributed by atoms with E-state index in [0.717, 1.165) is 5.69 Å². The maximum absolute atomic E-state index is 10.3. The minimum atomic E-state index is -0.809. The van der Waals surface area contributed by atoms with Crippen LogP contribution in [0.5, 0.6) is 0 Å². The van der Waals surface area contributed by atoms with Gasteiger partial charge >= 0.3 is 5.97 Å². The summed E-state index contributed by atoms with van der Waals surface area (Å²) < 4.78 is 0. The van der Waals surface area contributed by atoms with Gasteiger partial charge in [0.2, 0.25) is 0 Å². The molecule has 84 valence electrons. The van der Waals surface area contributed by atoms with E-state index in [-0.39, 0.29) is 6.42 Å². The van der Waals surface area contributed by atoms with Gasteiger partial charge in [0.05, 0.1) is 11.6 Å². The fourth-order valence-corrected chi connectivity index (χ4v) is 1.28. The van der Waals surface area contributed by atoms with Gasteiger partial charge in [0.25, 0.3) is 0 Å². The standard InChI is InChI=1S/C11H13N3O2/c1-8-5-9(7-12)6-10(14-8)13-4-2-3-11(15)16/h5-6H,2-4H2,1H3,(H,13,14)(H,15,16). The second kappa shape index (κ2) is 5.71. The van der Waals surface area contributed by atoms with Crippen molar-refractivity contribution in [3.63, 3.8) is 0 Å². The van der Waals surface area contributed by atoms with E-state index in [1.807, 2.05) is 13.0 Å². The summed E-state index contributed by atoms with van der Waals surface area (Å²) in [6, 6.07) is 5.39. The van der Waals surface area contributed by atoms with Crippen molar-refractivity contribution < 1.29 is 9.90 Å². The average molecular weight is 219 g/mol. The fourth-order valence-electron chi connectivity index (χ4n) is 1.28. The summed E-state index contributed by atoms with van der Waals surface area (Å²) in [6.45, 7) is 2.34. The molecule has 5 heteroatoms. The Morgan fingerprint density at radius 1 is 1.62 bits per heavy atom. The number of nitrogens with zero attached hydrogens (tertiary/aromatic N) is 2. The van der Waals surface area contributed by atoms with Crippen LogP contribution in [0.3, 0.4) is 0 Å². The highest BCUT2D eigenvalue weighted by Crippen LogP contribution is 2.09. The van der Waals surface area contributed by atoms with E-state index in [1.165, 1.54) is 0 Å². The lowest BCUT2D eigenvalue weighted by Gasteiger charge is -2.05. The van der Waals surface area contributed by atoms with Crippen LogP contribution in [0.1, 0.15) is 24.1 Å². The maximum Gasteiger partial charge on any atom is 0.303 e. The van der Waals surface area contributed by atoms with E-state index < -0.39 is 5.97 Å². The van der Waals surface area contributed by atoms with Gasteiger partial charge in [-0.2, -0.15) is 5.26 Å². The Morgan fingerprint density at radius 3 is 3.00 bits per heavy atom. The summed E-state index contributed by atoms with van der Waals surface area (Å²) in [5.41, 5.74) is 1.31. The molecule has 1 heterocycles. The number of aromatic nitrogens is 1. The number of aliphatic carboxylic acids is 1. The smallest absolute Gasteiger partial charge is 0.303 e. The Bertz CT molecular complexity index is 424. The van der Waals surface area contributed by atoms with Gasteiger partial charge in [-0.3, -0.25) is 4.79 Å². The molecule has 0 fully saturated rings. The van der Waals surface area contributed by atoms with Crippen LogP contribution in [0.25, 0.3) is 0 Å². The van der Waals surface area contributed by atoms with E-state index in [4.69, 9.17) is 10.4 Å². The topological polar surface area (TPSA) is 86.0 Å². The number of nitriles is 1. The van der Waals surface area contributed by atoms with E-state index in [1.54, 1.807) is 12.1 Å². The highest BCUT2D eigenvalue weighted by Gasteiger charge is 2.00. The second-order valence-electron chi connectivity index (χ2n) is 3.42. The number of aryl methyl sites for hydroxylation is 1. The number of pyridine rings is 1. The normalized spacial score (nSPS) is 9.50. The number of carboxylic acids is 1. The van der Waals surface area contributed by atoms with Crippen molar-refractivity contribution >= 4 is 11.8 Å². The van der Waals surface area contributed by atoms with Crippen LogP contribution in [-0.4, -0.2) is 22.6 Å². The van der Waals surface area contributed by atoms with Crippen LogP contribution in [-0.2, 0) is 4.79 Å². The maximum atomic E-state index is 10.3. The summed E-state index contributed by atoms with van der Waals surface area (Å²) in [6.07, 6.45) is 0.663. The van der Waals surface area contributed by atoms with Gasteiger partial charge in [-0.25, -0.2) is 4.98 Å². The first-order valence-electron chi connectivity index (χ1n) is 4.96. The van der Waals surface area contributed by atoms with Gasteiger partial charge in [0.15, 0.2) is 0 Å². The molecular formula is C11H13N3O2. The third-order valence-corrected chi connectivity index (χ3v) is 1.96. The quantitative estimate of drug-likeness (QED) is 0.733. The van der Waals surface area contributed by atoms with Crippen molar-refractivity contribution in [1.82, 2.24) is 4.98 Å². The third kappa shape index (κ3) is 3.96. The minimum absolute atomic E-state index is 0.129. The molecule has 0 radical (unpaired) electrons. The Kier molecular flexibility index (Phi) is 4.28. The first-order valence-corrected chi connectivity index (χ1v) is 4.96. The largest absolute Gasteiger partial charge is 0.481 e. The van der Waals surface area contributed by atoms with Gasteiger partial charge in [-0.15, -0.1) is 0 Å². The van der Waals surface area contributed by atoms with Crippen molar-refractivity contribution in [2.24, 2.45) is 0 Å². The van der Waals surface area contributed by atoms with Crippen molar-refractivity contribution in [1.29, 1.82) is 5.26 Å². The molecule has 0 saturated carbocycles. The monoisotopic (exact) mass is 219 g/mol. The van der Waals surface area contributed by atoms with Gasteiger partial charge < -0.3 is 10.4 Å². The van der Waals surface area contributed by atoms with Crippen LogP contribution in [0.4, 0.5) is 5.82 Å². The average Bonchev–Trinajstić information content (AvgIpc) is 2.23. The lowest BCUT2D eigenvalue weighted by molar-refractivity contribution is -0.137. The molecule has 1 aromatic rings. The van der Waals surface area contributed by atoms with Crippen molar-refractivity contribution in [3.05, 3.63) is 23.4 Å². The van der Waals surface area contributed by atoms with E-state index in [0.29, 0.717) is 24.3 Å². The van der Waals surface area contributed by atoms with Crippen LogP contribution < -0.4 is 5.32 Å². The molecule has 0 aliphatic carbocycles. The Labute approximate surface area is 93.7 Å². The predicted molar refractivity (Wildman–Crippen MR) is 59.0 cm³/mol. The molecule has 0 saturated heterocycles. The third-order valence-electron chi connectivity index (χ3n) is 1.96. The minimum Gasteiger partial charge on any atom is -0.481 e. The van der Waals surface area contributed by atoms with Gasteiger partial charge in [0, 0.05) is 18.7 Å². The number of carbonyl (C=O) groups is 1. The molecule has 0 unspecified atom stereocenters. The zero-order valence-electron chi connectivity index (χ0n) is 9.03. The molecule has 0 bridgehead atoms. The number of hydrogen-bond acceptors (Lipinski definition) is 4. The summed E-state index contributed by atoms with van der Waals surface area (Å²) >= 11 is 0. The predicted octanol–water partition coefficient (Wildman–Crippen LogP) is 1.54. The molecule has 0 amide bonds. The van der Waals surface area contributed by atoms with Crippen LogP contribution in [0.15, 0.2) is 12.1 Å². The molecule has 1 rings (SSSR count). The van der Waals surface area contributed by atoms with Crippen LogP contribution >= 0.6 is 0 Å². The Hall–Kier alpha value is -2.09. The highest BCUT2D eigenvalue weighted by molar-refractivity contribution is 5.66. The number of nitrogens with one attached hydrogen (secondary N) is 1. The van der Waals surface area contributed by atoms with Crippen molar-refractivity contribution in [2.75, 3.05) is 11.9 Å². The number of anilines is 1. The van der Waals surface area contributed by atoms with Crippen molar-refractivity contribution in [3.8, 4) is 6.07 Å². The number of rotatable bonds is 5. The lowest BCUT2D eigenvalue weighted by Crippen LogP contribution is -2.06. The van der Waals surface area contributed by atoms with E-state index in [2.05, 4.69) is 10.3 Å². The molecule has 2 N–H and O–H groups in total. The number of hydrogen-bond donors (Lipinski definition) is 2. The molecule has 16 heavy (non-hydrogen) atoms. The molecule has 0 aliphatic rings. The summed E-state index contributed by atoms with van der Waals surface area (Å²) in [4.78, 5) is 14.5. The van der Waals surface area contributed by atoms with Crippen LogP contribution in [0.2, 0.25) is 0 Å². The zero-order valence-corrected chi connectivity index (χ0v) is 9.03. The second-order valence-corrected chi connectivity index (χ2v) is 3.42. The van der Waals surface area contributed by atoms with Gasteiger partial charge in [0.1, 0.15) is 5.82 Å². The SMILES string of the molecule is Cc1cc(C#N)cc(NCCCC(=O)O)n1. The molecule has 0 aliphatic heterocycles. The Balaban J connectivity index is 2.51. The summed E-state index contributed by atoms with van der Waals surface area (Å²) in [5.74, 6) is -0.196. The molecule has 1 aromatic heterocycles. The zero-order chi connectivity index (χ0) is 12.0. The molecule has 5 nitrogen and oxygen atoms in total. The molecule has 0 aromatic carbocycles. The first kappa shape index (κ1) is 12.0. The molecule has 0 spiro atoms. The van der Waals surface area contributed by atoms with E-state index in [9.17, 15) is 4.79 Å². The number of carboxylic acid groups (broad SMARTS) is 1. The van der Waals surface area contributed by atoms with E-state index >= 15 is 0 Å². The lowest BCUT2D eigenvalue weighted by atomic mass is 10.2. The van der Waals surface area contributed by atoms with Gasteiger partial charge in [-0.05, 0) is 25.5 Å².